The highest BCUT2D eigenvalue weighted by Crippen LogP contribution is 2.55. The summed E-state index contributed by atoms with van der Waals surface area (Å²) >= 11 is 6.00. The molecule has 1 saturated heterocycles. The molecule has 0 unspecified atom stereocenters. The number of thiocarbonyl (C=S) groups is 1. The molecule has 0 spiro atoms. The van der Waals surface area contributed by atoms with E-state index in [2.05, 4.69) is 15.1 Å². The van der Waals surface area contributed by atoms with Gasteiger partial charge in [0.15, 0.2) is 5.11 Å². The third-order valence-corrected chi connectivity index (χ3v) is 8.13. The lowest BCUT2D eigenvalue weighted by molar-refractivity contribution is -0.0114. The van der Waals surface area contributed by atoms with E-state index in [-0.39, 0.29) is 11.4 Å². The first-order chi connectivity index (χ1) is 14.6. The summed E-state index contributed by atoms with van der Waals surface area (Å²) in [5.41, 5.74) is 1.32. The van der Waals surface area contributed by atoms with Crippen molar-refractivity contribution in [2.24, 2.45) is 17.8 Å². The first-order valence-corrected chi connectivity index (χ1v) is 12.1. The molecule has 0 radical (unpaired) electrons. The van der Waals surface area contributed by atoms with Gasteiger partial charge in [-0.25, -0.2) is 4.39 Å². The van der Waals surface area contributed by atoms with Crippen molar-refractivity contribution in [3.8, 4) is 0 Å². The number of nitrogens with one attached hydrogen (secondary N) is 1. The molecule has 4 nitrogen and oxygen atoms in total. The second-order valence-corrected chi connectivity index (χ2v) is 10.5. The van der Waals surface area contributed by atoms with Crippen LogP contribution in [-0.2, 0) is 11.3 Å². The fourth-order valence-electron chi connectivity index (χ4n) is 6.72. The summed E-state index contributed by atoms with van der Waals surface area (Å²) in [6.45, 7) is 6.19. The molecule has 4 saturated carbocycles. The normalized spacial score (nSPS) is 32.9. The van der Waals surface area contributed by atoms with Gasteiger partial charge in [-0.2, -0.15) is 0 Å². The van der Waals surface area contributed by atoms with Crippen LogP contribution in [0.25, 0.3) is 0 Å². The molecule has 1 aromatic rings. The summed E-state index contributed by atoms with van der Waals surface area (Å²) < 4.78 is 18.9. The average molecular weight is 432 g/mol. The summed E-state index contributed by atoms with van der Waals surface area (Å²) in [4.78, 5) is 4.76. The Morgan fingerprint density at radius 2 is 1.67 bits per heavy atom. The highest BCUT2D eigenvalue weighted by atomic mass is 32.1. The molecular formula is C24H34FN3OS. The highest BCUT2D eigenvalue weighted by Gasteiger charge is 2.51. The molecule has 1 aromatic carbocycles. The molecule has 4 aliphatic carbocycles. The van der Waals surface area contributed by atoms with E-state index in [9.17, 15) is 4.39 Å². The number of benzene rings is 1. The van der Waals surface area contributed by atoms with E-state index in [1.165, 1.54) is 38.5 Å². The van der Waals surface area contributed by atoms with Crippen molar-refractivity contribution >= 4 is 17.3 Å². The second-order valence-electron chi connectivity index (χ2n) is 10.1. The predicted molar refractivity (Wildman–Crippen MR) is 121 cm³/mol. The van der Waals surface area contributed by atoms with Gasteiger partial charge in [0.25, 0.3) is 0 Å². The molecule has 4 bridgehead atoms. The summed E-state index contributed by atoms with van der Waals surface area (Å²) in [7, 11) is 0. The van der Waals surface area contributed by atoms with Crippen molar-refractivity contribution in [1.29, 1.82) is 0 Å². The SMILES string of the molecule is Fc1ccc(CN(CCN2CCOCC2)C(=S)NC23CC4CC(CC(C4)C2)C3)cc1. The number of ether oxygens (including phenoxy) is 1. The Balaban J connectivity index is 1.27. The molecule has 5 fully saturated rings. The predicted octanol–water partition coefficient (Wildman–Crippen LogP) is 3.80. The van der Waals surface area contributed by atoms with E-state index in [0.717, 1.165) is 74.4 Å². The smallest absolute Gasteiger partial charge is 0.169 e. The van der Waals surface area contributed by atoms with Gasteiger partial charge >= 0.3 is 0 Å². The van der Waals surface area contributed by atoms with Crippen molar-refractivity contribution in [2.75, 3.05) is 39.4 Å². The number of hydrogen-bond donors (Lipinski definition) is 1. The van der Waals surface area contributed by atoms with Gasteiger partial charge in [0, 0.05) is 38.3 Å². The topological polar surface area (TPSA) is 27.7 Å². The maximum atomic E-state index is 13.4. The Labute approximate surface area is 185 Å². The third-order valence-electron chi connectivity index (χ3n) is 7.77. The third kappa shape index (κ3) is 4.66. The standard InChI is InChI=1S/C24H34FN3OS/c25-22-3-1-18(2-4-22)17-28(6-5-27-7-9-29-10-8-27)23(30)26-24-14-19-11-20(15-24)13-21(12-19)16-24/h1-4,19-21H,5-17H2,(H,26,30). The molecule has 1 heterocycles. The molecule has 1 N–H and O–H groups in total. The van der Waals surface area contributed by atoms with Crippen LogP contribution in [-0.4, -0.2) is 59.8 Å². The van der Waals surface area contributed by atoms with Gasteiger partial charge in [0.1, 0.15) is 5.82 Å². The van der Waals surface area contributed by atoms with E-state index in [1.807, 2.05) is 12.1 Å². The average Bonchev–Trinajstić information content (AvgIpc) is 2.72. The Bertz CT molecular complexity index is 714. The highest BCUT2D eigenvalue weighted by molar-refractivity contribution is 7.80. The molecule has 6 heteroatoms. The Hall–Kier alpha value is -1.24. The van der Waals surface area contributed by atoms with Gasteiger partial charge in [0.2, 0.25) is 0 Å². The van der Waals surface area contributed by atoms with Crippen LogP contribution in [0.1, 0.15) is 44.1 Å². The monoisotopic (exact) mass is 431 g/mol. The Morgan fingerprint density at radius 3 is 2.27 bits per heavy atom. The lowest BCUT2D eigenvalue weighted by Gasteiger charge is -2.57. The zero-order valence-electron chi connectivity index (χ0n) is 17.8. The van der Waals surface area contributed by atoms with Gasteiger partial charge < -0.3 is 15.0 Å². The molecule has 0 atom stereocenters. The van der Waals surface area contributed by atoms with Crippen molar-refractivity contribution in [3.05, 3.63) is 35.6 Å². The number of nitrogens with zero attached hydrogens (tertiary/aromatic N) is 2. The van der Waals surface area contributed by atoms with E-state index in [1.54, 1.807) is 12.1 Å². The molecule has 0 aromatic heterocycles. The molecule has 6 rings (SSSR count). The summed E-state index contributed by atoms with van der Waals surface area (Å²) in [5.74, 6) is 2.49. The summed E-state index contributed by atoms with van der Waals surface area (Å²) in [6.07, 6.45) is 8.16. The van der Waals surface area contributed by atoms with Crippen LogP contribution >= 0.6 is 12.2 Å². The molecule has 164 valence electrons. The Morgan fingerprint density at radius 1 is 1.07 bits per heavy atom. The van der Waals surface area contributed by atoms with E-state index < -0.39 is 0 Å². The minimum Gasteiger partial charge on any atom is -0.379 e. The molecule has 5 aliphatic rings. The zero-order chi connectivity index (χ0) is 20.6. The van der Waals surface area contributed by atoms with Gasteiger partial charge in [-0.1, -0.05) is 12.1 Å². The molecular weight excluding hydrogens is 397 g/mol. The minimum absolute atomic E-state index is 0.187. The Kier molecular flexibility index (Phi) is 6.00. The number of rotatable bonds is 6. The zero-order valence-corrected chi connectivity index (χ0v) is 18.6. The van der Waals surface area contributed by atoms with Crippen molar-refractivity contribution in [2.45, 2.75) is 50.6 Å². The van der Waals surface area contributed by atoms with Crippen molar-refractivity contribution in [3.63, 3.8) is 0 Å². The van der Waals surface area contributed by atoms with Gasteiger partial charge in [0.05, 0.1) is 13.2 Å². The summed E-state index contributed by atoms with van der Waals surface area (Å²) in [5, 5.41) is 4.77. The number of hydrogen-bond acceptors (Lipinski definition) is 3. The number of morpholine rings is 1. The second kappa shape index (κ2) is 8.71. The van der Waals surface area contributed by atoms with Crippen LogP contribution in [0, 0.1) is 23.6 Å². The van der Waals surface area contributed by atoms with E-state index >= 15 is 0 Å². The van der Waals surface area contributed by atoms with E-state index in [0.29, 0.717) is 0 Å². The first kappa shape index (κ1) is 20.7. The lowest BCUT2D eigenvalue weighted by atomic mass is 9.53. The van der Waals surface area contributed by atoms with Gasteiger partial charge in [-0.3, -0.25) is 4.90 Å². The molecule has 0 amide bonds. The van der Waals surface area contributed by atoms with Crippen LogP contribution in [0.2, 0.25) is 0 Å². The molecule has 1 aliphatic heterocycles. The van der Waals surface area contributed by atoms with E-state index in [4.69, 9.17) is 17.0 Å². The molecule has 30 heavy (non-hydrogen) atoms. The van der Waals surface area contributed by atoms with Crippen LogP contribution < -0.4 is 5.32 Å². The van der Waals surface area contributed by atoms with Crippen LogP contribution in [0.5, 0.6) is 0 Å². The van der Waals surface area contributed by atoms with Crippen molar-refractivity contribution in [1.82, 2.24) is 15.1 Å². The lowest BCUT2D eigenvalue weighted by Crippen LogP contribution is -2.62. The minimum atomic E-state index is -0.187. The van der Waals surface area contributed by atoms with Crippen LogP contribution in [0.4, 0.5) is 4.39 Å². The number of halogens is 1. The first-order valence-electron chi connectivity index (χ1n) is 11.7. The maximum absolute atomic E-state index is 13.4. The van der Waals surface area contributed by atoms with Gasteiger partial charge in [-0.15, -0.1) is 0 Å². The fraction of sp³-hybridized carbons (Fsp3) is 0.708. The largest absolute Gasteiger partial charge is 0.379 e. The van der Waals surface area contributed by atoms with Crippen LogP contribution in [0.3, 0.4) is 0 Å². The fourth-order valence-corrected chi connectivity index (χ4v) is 7.09. The van der Waals surface area contributed by atoms with Crippen LogP contribution in [0.15, 0.2) is 24.3 Å². The van der Waals surface area contributed by atoms with Crippen molar-refractivity contribution < 1.29 is 9.13 Å². The maximum Gasteiger partial charge on any atom is 0.169 e. The summed E-state index contributed by atoms with van der Waals surface area (Å²) in [6, 6.07) is 6.85. The quantitative estimate of drug-likeness (QED) is 0.692. The van der Waals surface area contributed by atoms with Gasteiger partial charge in [-0.05, 0) is 86.2 Å².